The summed E-state index contributed by atoms with van der Waals surface area (Å²) in [6.45, 7) is 1.95. The van der Waals surface area contributed by atoms with Crippen molar-refractivity contribution in [2.45, 2.75) is 6.92 Å². The van der Waals surface area contributed by atoms with E-state index in [1.807, 2.05) is 25.1 Å². The molecule has 0 aliphatic carbocycles. The van der Waals surface area contributed by atoms with Gasteiger partial charge in [-0.15, -0.1) is 21.8 Å². The molecule has 7 heteroatoms. The quantitative estimate of drug-likeness (QED) is 0.516. The average Bonchev–Trinajstić information content (AvgIpc) is 2.78. The lowest BCUT2D eigenvalue weighted by Crippen LogP contribution is -2.12. The van der Waals surface area contributed by atoms with Gasteiger partial charge in [0.15, 0.2) is 0 Å². The summed E-state index contributed by atoms with van der Waals surface area (Å²) in [5, 5.41) is 11.9. The highest BCUT2D eigenvalue weighted by atomic mass is 35.5. The van der Waals surface area contributed by atoms with Gasteiger partial charge in [0.25, 0.3) is 0 Å². The fourth-order valence-electron chi connectivity index (χ4n) is 1.45. The predicted octanol–water partition coefficient (Wildman–Crippen LogP) is 1.41. The fraction of sp³-hybridized carbons (Fsp3) is 0.273. The Bertz CT molecular complexity index is 589. The second kappa shape index (κ2) is 5.14. The van der Waals surface area contributed by atoms with E-state index in [1.165, 1.54) is 4.80 Å². The number of hydrogen-bond acceptors (Lipinski definition) is 4. The lowest BCUT2D eigenvalue weighted by atomic mass is 10.1. The Balaban J connectivity index is 2.43. The number of nitrogens with zero attached hydrogens (tertiary/aromatic N) is 5. The minimum Gasteiger partial charge on any atom is -0.386 e. The molecular weight excluding hydrogens is 252 g/mol. The van der Waals surface area contributed by atoms with Crippen molar-refractivity contribution in [2.75, 3.05) is 5.88 Å². The van der Waals surface area contributed by atoms with E-state index in [0.29, 0.717) is 11.7 Å². The number of alkyl halides is 1. The van der Waals surface area contributed by atoms with Crippen LogP contribution in [0.5, 0.6) is 0 Å². The number of aliphatic imine (C=N–C) groups is 1. The summed E-state index contributed by atoms with van der Waals surface area (Å²) in [6.07, 6.45) is 0. The van der Waals surface area contributed by atoms with Crippen molar-refractivity contribution >= 4 is 23.1 Å². The van der Waals surface area contributed by atoms with Gasteiger partial charge in [0.1, 0.15) is 5.84 Å². The number of halogens is 1. The summed E-state index contributed by atoms with van der Waals surface area (Å²) in [4.78, 5) is 5.66. The number of rotatable bonds is 3. The highest BCUT2D eigenvalue weighted by Gasteiger charge is 2.07. The molecule has 1 aromatic heterocycles. The Labute approximate surface area is 109 Å². The highest BCUT2D eigenvalue weighted by Crippen LogP contribution is 2.24. The maximum Gasteiger partial charge on any atom is 0.204 e. The van der Waals surface area contributed by atoms with Gasteiger partial charge in [-0.05, 0) is 23.8 Å². The van der Waals surface area contributed by atoms with Crippen LogP contribution in [0.25, 0.3) is 11.4 Å². The van der Waals surface area contributed by atoms with Crippen molar-refractivity contribution in [3.63, 3.8) is 0 Å². The van der Waals surface area contributed by atoms with E-state index in [4.69, 9.17) is 17.3 Å². The summed E-state index contributed by atoms with van der Waals surface area (Å²) in [7, 11) is 1.72. The molecule has 6 nitrogen and oxygen atoms in total. The molecule has 0 atom stereocenters. The lowest BCUT2D eigenvalue weighted by molar-refractivity contribution is 0.630. The van der Waals surface area contributed by atoms with Gasteiger partial charge in [0, 0.05) is 5.56 Å². The Morgan fingerprint density at radius 3 is 2.89 bits per heavy atom. The van der Waals surface area contributed by atoms with Gasteiger partial charge in [-0.3, -0.25) is 0 Å². The van der Waals surface area contributed by atoms with E-state index in [2.05, 4.69) is 20.4 Å². The third-order valence-corrected chi connectivity index (χ3v) is 2.65. The van der Waals surface area contributed by atoms with Gasteiger partial charge in [0.2, 0.25) is 5.82 Å². The molecule has 2 N–H and O–H groups in total. The van der Waals surface area contributed by atoms with Crippen molar-refractivity contribution < 1.29 is 0 Å². The van der Waals surface area contributed by atoms with Crippen molar-refractivity contribution in [3.8, 4) is 11.4 Å². The fourth-order valence-corrected chi connectivity index (χ4v) is 1.51. The van der Waals surface area contributed by atoms with Crippen LogP contribution in [0, 0.1) is 6.92 Å². The summed E-state index contributed by atoms with van der Waals surface area (Å²) in [5.41, 5.74) is 8.25. The number of hydrogen-bond donors (Lipinski definition) is 1. The standard InChI is InChI=1S/C11H13ClN6/c1-7-3-4-8(11-15-17-18(2)16-11)5-9(7)14-10(13)6-12/h3-5H,6H2,1-2H3,(H2,13,14). The molecule has 18 heavy (non-hydrogen) atoms. The number of nitrogens with two attached hydrogens (primary N) is 1. The smallest absolute Gasteiger partial charge is 0.204 e. The molecule has 0 unspecified atom stereocenters. The molecule has 0 amide bonds. The molecule has 0 fully saturated rings. The first-order chi connectivity index (χ1) is 8.60. The van der Waals surface area contributed by atoms with Crippen LogP contribution in [-0.4, -0.2) is 31.9 Å². The van der Waals surface area contributed by atoms with Gasteiger partial charge in [-0.1, -0.05) is 12.1 Å². The normalized spacial score (nSPS) is 11.8. The molecule has 2 aromatic rings. The second-order valence-electron chi connectivity index (χ2n) is 3.84. The molecule has 0 saturated heterocycles. The number of benzene rings is 1. The summed E-state index contributed by atoms with van der Waals surface area (Å²) >= 11 is 5.62. The number of amidine groups is 1. The third kappa shape index (κ3) is 2.65. The van der Waals surface area contributed by atoms with Crippen LogP contribution in [0.2, 0.25) is 0 Å². The largest absolute Gasteiger partial charge is 0.386 e. The van der Waals surface area contributed by atoms with Gasteiger partial charge >= 0.3 is 0 Å². The molecule has 1 aromatic carbocycles. The molecule has 0 aliphatic heterocycles. The van der Waals surface area contributed by atoms with E-state index >= 15 is 0 Å². The van der Waals surface area contributed by atoms with E-state index in [-0.39, 0.29) is 5.88 Å². The van der Waals surface area contributed by atoms with Crippen molar-refractivity contribution in [3.05, 3.63) is 23.8 Å². The predicted molar refractivity (Wildman–Crippen MR) is 71.0 cm³/mol. The Kier molecular flexibility index (Phi) is 3.57. The Morgan fingerprint density at radius 2 is 2.28 bits per heavy atom. The molecule has 0 aliphatic rings. The van der Waals surface area contributed by atoms with Crippen LogP contribution in [0.3, 0.4) is 0 Å². The van der Waals surface area contributed by atoms with Crippen LogP contribution >= 0.6 is 11.6 Å². The van der Waals surface area contributed by atoms with Gasteiger partial charge in [0.05, 0.1) is 18.6 Å². The van der Waals surface area contributed by atoms with Crippen LogP contribution in [0.1, 0.15) is 5.56 Å². The molecule has 0 spiro atoms. The highest BCUT2D eigenvalue weighted by molar-refractivity contribution is 6.28. The zero-order valence-electron chi connectivity index (χ0n) is 10.1. The number of tetrazole rings is 1. The monoisotopic (exact) mass is 264 g/mol. The minimum atomic E-state index is 0.201. The van der Waals surface area contributed by atoms with E-state index < -0.39 is 0 Å². The van der Waals surface area contributed by atoms with Gasteiger partial charge < -0.3 is 5.73 Å². The molecule has 0 bridgehead atoms. The first kappa shape index (κ1) is 12.5. The maximum absolute atomic E-state index is 5.64. The Morgan fingerprint density at radius 1 is 1.50 bits per heavy atom. The molecular formula is C11H13ClN6. The topological polar surface area (TPSA) is 82.0 Å². The summed E-state index contributed by atoms with van der Waals surface area (Å²) in [5.74, 6) is 1.13. The molecule has 0 radical (unpaired) electrons. The molecule has 0 saturated carbocycles. The van der Waals surface area contributed by atoms with Crippen LogP contribution in [-0.2, 0) is 7.05 Å². The minimum absolute atomic E-state index is 0.201. The number of aromatic nitrogens is 4. The van der Waals surface area contributed by atoms with Crippen LogP contribution in [0.4, 0.5) is 5.69 Å². The molecule has 2 rings (SSSR count). The number of aryl methyl sites for hydroxylation is 2. The second-order valence-corrected chi connectivity index (χ2v) is 4.11. The summed E-state index contributed by atoms with van der Waals surface area (Å²) in [6, 6.07) is 5.72. The first-order valence-electron chi connectivity index (χ1n) is 5.34. The molecule has 1 heterocycles. The maximum atomic E-state index is 5.64. The Hall–Kier alpha value is -1.95. The van der Waals surface area contributed by atoms with E-state index in [1.54, 1.807) is 7.05 Å². The first-order valence-corrected chi connectivity index (χ1v) is 5.87. The van der Waals surface area contributed by atoms with Crippen molar-refractivity contribution in [1.29, 1.82) is 0 Å². The van der Waals surface area contributed by atoms with E-state index in [0.717, 1.165) is 16.8 Å². The zero-order chi connectivity index (χ0) is 13.1. The van der Waals surface area contributed by atoms with Gasteiger partial charge in [-0.2, -0.15) is 4.80 Å². The molecule has 94 valence electrons. The van der Waals surface area contributed by atoms with Crippen molar-refractivity contribution in [1.82, 2.24) is 20.2 Å². The zero-order valence-corrected chi connectivity index (χ0v) is 10.9. The average molecular weight is 265 g/mol. The van der Waals surface area contributed by atoms with Crippen LogP contribution < -0.4 is 5.73 Å². The van der Waals surface area contributed by atoms with Crippen molar-refractivity contribution in [2.24, 2.45) is 17.8 Å². The SMILES string of the molecule is Cc1ccc(-c2nnn(C)n2)cc1N=C(N)CCl. The van der Waals surface area contributed by atoms with Crippen LogP contribution in [0.15, 0.2) is 23.2 Å². The third-order valence-electron chi connectivity index (χ3n) is 2.38. The lowest BCUT2D eigenvalue weighted by Gasteiger charge is -2.03. The van der Waals surface area contributed by atoms with Gasteiger partial charge in [-0.25, -0.2) is 4.99 Å². The van der Waals surface area contributed by atoms with E-state index in [9.17, 15) is 0 Å². The summed E-state index contributed by atoms with van der Waals surface area (Å²) < 4.78 is 0.